The van der Waals surface area contributed by atoms with Gasteiger partial charge >= 0.3 is 12.2 Å². The van der Waals surface area contributed by atoms with E-state index in [1.165, 1.54) is 12.1 Å². The lowest BCUT2D eigenvalue weighted by Gasteiger charge is -2.37. The quantitative estimate of drug-likeness (QED) is 0.535. The molecule has 0 aromatic heterocycles. The number of carbonyl (C=O) groups excluding carboxylic acids is 2. The molecule has 0 saturated heterocycles. The van der Waals surface area contributed by atoms with Gasteiger partial charge in [0, 0.05) is 43.4 Å². The van der Waals surface area contributed by atoms with Crippen LogP contribution in [0.2, 0.25) is 0 Å². The van der Waals surface area contributed by atoms with Crippen LogP contribution in [-0.4, -0.2) is 35.5 Å². The van der Waals surface area contributed by atoms with E-state index in [9.17, 15) is 22.8 Å². The summed E-state index contributed by atoms with van der Waals surface area (Å²) in [5.74, 6) is -0.323. The lowest BCUT2D eigenvalue weighted by Crippen LogP contribution is -2.48. The highest BCUT2D eigenvalue weighted by Crippen LogP contribution is 2.43. The number of urea groups is 1. The SMILES string of the molecule is CC(C)N1Cc2ccc(NC(=O)C=C3CC(C)(C)Oc4cc(C(F)(F)F)ccc43)cc2N(C)C1=O. The van der Waals surface area contributed by atoms with Gasteiger partial charge in [-0.05, 0) is 63.1 Å². The predicted molar refractivity (Wildman–Crippen MR) is 128 cm³/mol. The minimum absolute atomic E-state index is 0.0583. The van der Waals surface area contributed by atoms with E-state index < -0.39 is 23.2 Å². The molecule has 0 spiro atoms. The Morgan fingerprint density at radius 3 is 2.54 bits per heavy atom. The highest BCUT2D eigenvalue weighted by Gasteiger charge is 2.35. The second-order valence-electron chi connectivity index (χ2n) is 9.81. The van der Waals surface area contributed by atoms with Gasteiger partial charge in [-0.15, -0.1) is 0 Å². The maximum atomic E-state index is 13.2. The highest BCUT2D eigenvalue weighted by molar-refractivity contribution is 6.05. The number of amides is 3. The van der Waals surface area contributed by atoms with Crippen LogP contribution in [0.25, 0.3) is 5.57 Å². The van der Waals surface area contributed by atoms with Crippen LogP contribution >= 0.6 is 0 Å². The van der Waals surface area contributed by atoms with Crippen molar-refractivity contribution in [2.45, 2.75) is 58.5 Å². The first-order chi connectivity index (χ1) is 16.2. The summed E-state index contributed by atoms with van der Waals surface area (Å²) in [6.07, 6.45) is -2.75. The first kappa shape index (κ1) is 24.6. The van der Waals surface area contributed by atoms with Crippen LogP contribution in [0.3, 0.4) is 0 Å². The molecule has 2 heterocycles. The maximum Gasteiger partial charge on any atom is 0.416 e. The first-order valence-electron chi connectivity index (χ1n) is 11.3. The van der Waals surface area contributed by atoms with Crippen molar-refractivity contribution in [3.63, 3.8) is 0 Å². The Labute approximate surface area is 202 Å². The minimum atomic E-state index is -4.49. The normalized spacial score (nSPS) is 18.3. The van der Waals surface area contributed by atoms with Crippen molar-refractivity contribution in [1.82, 2.24) is 4.90 Å². The van der Waals surface area contributed by atoms with Gasteiger partial charge in [0.1, 0.15) is 11.4 Å². The highest BCUT2D eigenvalue weighted by atomic mass is 19.4. The summed E-state index contributed by atoms with van der Waals surface area (Å²) in [6.45, 7) is 7.93. The number of alkyl halides is 3. The summed E-state index contributed by atoms with van der Waals surface area (Å²) in [6, 6.07) is 8.64. The summed E-state index contributed by atoms with van der Waals surface area (Å²) < 4.78 is 45.3. The van der Waals surface area contributed by atoms with Crippen LogP contribution < -0.4 is 15.0 Å². The lowest BCUT2D eigenvalue weighted by atomic mass is 9.88. The zero-order chi connectivity index (χ0) is 25.7. The number of anilines is 2. The number of carbonyl (C=O) groups is 2. The number of hydrogen-bond acceptors (Lipinski definition) is 3. The third kappa shape index (κ3) is 4.99. The molecule has 4 rings (SSSR count). The number of benzene rings is 2. The van der Waals surface area contributed by atoms with Crippen molar-refractivity contribution < 1.29 is 27.5 Å². The van der Waals surface area contributed by atoms with Crippen molar-refractivity contribution in [1.29, 1.82) is 0 Å². The molecule has 0 atom stereocenters. The standard InChI is InChI=1S/C26H28F3N3O3/c1-15(2)32-14-16-6-8-19(12-21(16)31(5)24(32)34)30-23(33)10-17-13-25(3,4)35-22-11-18(26(27,28)29)7-9-20(17)22/h6-12,15H,13-14H2,1-5H3,(H,30,33). The van der Waals surface area contributed by atoms with Crippen LogP contribution in [0, 0.1) is 0 Å². The van der Waals surface area contributed by atoms with Gasteiger partial charge in [0.2, 0.25) is 5.91 Å². The molecule has 9 heteroatoms. The molecule has 2 aromatic rings. The van der Waals surface area contributed by atoms with Crippen molar-refractivity contribution in [2.24, 2.45) is 0 Å². The Kier molecular flexibility index (Phi) is 6.07. The molecule has 0 bridgehead atoms. The molecule has 2 aliphatic rings. The largest absolute Gasteiger partial charge is 0.487 e. The summed E-state index contributed by atoms with van der Waals surface area (Å²) in [5, 5.41) is 2.81. The molecule has 0 unspecified atom stereocenters. The molecule has 2 aliphatic heterocycles. The molecule has 1 N–H and O–H groups in total. The lowest BCUT2D eigenvalue weighted by molar-refractivity contribution is -0.137. The van der Waals surface area contributed by atoms with Crippen molar-refractivity contribution >= 4 is 28.9 Å². The van der Waals surface area contributed by atoms with Gasteiger partial charge in [-0.1, -0.05) is 12.1 Å². The van der Waals surface area contributed by atoms with Crippen LogP contribution in [0.5, 0.6) is 5.75 Å². The van der Waals surface area contributed by atoms with Gasteiger partial charge in [-0.3, -0.25) is 9.69 Å². The average Bonchev–Trinajstić information content (AvgIpc) is 2.74. The Bertz CT molecular complexity index is 1220. The van der Waals surface area contributed by atoms with E-state index >= 15 is 0 Å². The van der Waals surface area contributed by atoms with E-state index in [4.69, 9.17) is 4.74 Å². The summed E-state index contributed by atoms with van der Waals surface area (Å²) in [5.41, 5.74) is 1.66. The third-order valence-corrected chi connectivity index (χ3v) is 6.17. The Balaban J connectivity index is 1.60. The molecule has 2 aromatic carbocycles. The fourth-order valence-electron chi connectivity index (χ4n) is 4.44. The van der Waals surface area contributed by atoms with Crippen molar-refractivity contribution in [3.05, 3.63) is 59.2 Å². The summed E-state index contributed by atoms with van der Waals surface area (Å²) in [7, 11) is 1.69. The van der Waals surface area contributed by atoms with Crippen LogP contribution in [0.1, 0.15) is 50.8 Å². The number of hydrogen-bond donors (Lipinski definition) is 1. The second kappa shape index (κ2) is 8.62. The maximum absolute atomic E-state index is 13.2. The van der Waals surface area contributed by atoms with E-state index in [0.29, 0.717) is 29.8 Å². The predicted octanol–water partition coefficient (Wildman–Crippen LogP) is 6.07. The van der Waals surface area contributed by atoms with Crippen molar-refractivity contribution in [2.75, 3.05) is 17.3 Å². The van der Waals surface area contributed by atoms with E-state index in [0.717, 1.165) is 23.4 Å². The Morgan fingerprint density at radius 1 is 1.17 bits per heavy atom. The monoisotopic (exact) mass is 487 g/mol. The average molecular weight is 488 g/mol. The molecule has 3 amide bonds. The van der Waals surface area contributed by atoms with Gasteiger partial charge in [0.25, 0.3) is 0 Å². The number of fused-ring (bicyclic) bond motifs is 2. The van der Waals surface area contributed by atoms with Gasteiger partial charge < -0.3 is 15.0 Å². The molecule has 0 fully saturated rings. The molecule has 6 nitrogen and oxygen atoms in total. The van der Waals surface area contributed by atoms with E-state index in [1.807, 2.05) is 19.9 Å². The van der Waals surface area contributed by atoms with Crippen LogP contribution in [0.15, 0.2) is 42.5 Å². The molecule has 0 saturated carbocycles. The topological polar surface area (TPSA) is 61.9 Å². The number of rotatable bonds is 3. The fraction of sp³-hybridized carbons (Fsp3) is 0.385. The Hall–Kier alpha value is -3.49. The van der Waals surface area contributed by atoms with Gasteiger partial charge in [-0.25, -0.2) is 4.79 Å². The van der Waals surface area contributed by atoms with Crippen molar-refractivity contribution in [3.8, 4) is 5.75 Å². The van der Waals surface area contributed by atoms with Crippen LogP contribution in [-0.2, 0) is 17.5 Å². The zero-order valence-corrected chi connectivity index (χ0v) is 20.3. The number of ether oxygens (including phenoxy) is 1. The van der Waals surface area contributed by atoms with Gasteiger partial charge in [-0.2, -0.15) is 13.2 Å². The fourth-order valence-corrected chi connectivity index (χ4v) is 4.44. The number of nitrogens with one attached hydrogen (secondary N) is 1. The summed E-state index contributed by atoms with van der Waals surface area (Å²) in [4.78, 5) is 28.9. The third-order valence-electron chi connectivity index (χ3n) is 6.17. The Morgan fingerprint density at radius 2 is 1.89 bits per heavy atom. The first-order valence-corrected chi connectivity index (χ1v) is 11.3. The molecule has 0 radical (unpaired) electrons. The van der Waals surface area contributed by atoms with Crippen LogP contribution in [0.4, 0.5) is 29.3 Å². The zero-order valence-electron chi connectivity index (χ0n) is 20.3. The van der Waals surface area contributed by atoms with E-state index in [-0.39, 0.29) is 17.8 Å². The second-order valence-corrected chi connectivity index (χ2v) is 9.81. The number of nitrogens with zero attached hydrogens (tertiary/aromatic N) is 2. The molecule has 35 heavy (non-hydrogen) atoms. The molecular formula is C26H28F3N3O3. The summed E-state index contributed by atoms with van der Waals surface area (Å²) >= 11 is 0. The smallest absolute Gasteiger partial charge is 0.416 e. The van der Waals surface area contributed by atoms with Gasteiger partial charge in [0.15, 0.2) is 0 Å². The molecular weight excluding hydrogens is 459 g/mol. The van der Waals surface area contributed by atoms with Gasteiger partial charge in [0.05, 0.1) is 11.3 Å². The molecule has 0 aliphatic carbocycles. The minimum Gasteiger partial charge on any atom is -0.487 e. The van der Waals surface area contributed by atoms with E-state index in [1.54, 1.807) is 42.8 Å². The number of halogens is 3. The van der Waals surface area contributed by atoms with E-state index in [2.05, 4.69) is 5.32 Å². The molecule has 186 valence electrons.